The number of para-hydroxylation sites is 1. The monoisotopic (exact) mass is 534 g/mol. The van der Waals surface area contributed by atoms with Gasteiger partial charge in [-0.1, -0.05) is 18.2 Å². The van der Waals surface area contributed by atoms with E-state index in [1.165, 1.54) is 0 Å². The van der Waals surface area contributed by atoms with Crippen LogP contribution in [0.15, 0.2) is 53.0 Å². The van der Waals surface area contributed by atoms with E-state index in [-0.39, 0.29) is 23.6 Å². The largest absolute Gasteiger partial charge is 0.506 e. The van der Waals surface area contributed by atoms with Gasteiger partial charge in [0.1, 0.15) is 11.6 Å². The summed E-state index contributed by atoms with van der Waals surface area (Å²) in [5.74, 6) is 0.802. The highest BCUT2D eigenvalue weighted by Crippen LogP contribution is 2.31. The van der Waals surface area contributed by atoms with E-state index in [2.05, 4.69) is 32.2 Å². The molecular weight excluding hydrogens is 508 g/mol. The molecule has 3 heterocycles. The first-order valence-corrected chi connectivity index (χ1v) is 12.5. The van der Waals surface area contributed by atoms with Gasteiger partial charge in [0.25, 0.3) is 0 Å². The molecule has 2 aliphatic rings. The molecular formula is C27H27BrN4O3. The summed E-state index contributed by atoms with van der Waals surface area (Å²) in [7, 11) is 0. The highest BCUT2D eigenvalue weighted by atomic mass is 79.9. The van der Waals surface area contributed by atoms with E-state index in [0.717, 1.165) is 48.7 Å². The zero-order chi connectivity index (χ0) is 24.7. The molecule has 2 N–H and O–H groups in total. The number of amides is 2. The number of phenols is 1. The molecule has 1 aromatic heterocycles. The molecule has 0 unspecified atom stereocenters. The van der Waals surface area contributed by atoms with Gasteiger partial charge >= 0.3 is 6.03 Å². The lowest BCUT2D eigenvalue weighted by atomic mass is 9.99. The van der Waals surface area contributed by atoms with Gasteiger partial charge in [-0.15, -0.1) is 0 Å². The lowest BCUT2D eigenvalue weighted by molar-refractivity contribution is 0.103. The van der Waals surface area contributed by atoms with Crippen molar-refractivity contribution in [3.8, 4) is 5.75 Å². The summed E-state index contributed by atoms with van der Waals surface area (Å²) in [4.78, 5) is 34.8. The number of rotatable bonds is 4. The van der Waals surface area contributed by atoms with Crippen molar-refractivity contribution >= 4 is 39.2 Å². The molecule has 2 amide bonds. The quantitative estimate of drug-likeness (QED) is 0.437. The number of pyridine rings is 1. The average molecular weight is 535 g/mol. The van der Waals surface area contributed by atoms with Gasteiger partial charge in [0.2, 0.25) is 0 Å². The molecule has 1 fully saturated rings. The van der Waals surface area contributed by atoms with E-state index in [1.807, 2.05) is 36.1 Å². The van der Waals surface area contributed by atoms with Crippen LogP contribution in [0.1, 0.15) is 45.6 Å². The molecule has 2 aliphatic heterocycles. The minimum Gasteiger partial charge on any atom is -0.506 e. The summed E-state index contributed by atoms with van der Waals surface area (Å²) in [6.45, 7) is 5.79. The van der Waals surface area contributed by atoms with E-state index in [9.17, 15) is 14.7 Å². The lowest BCUT2D eigenvalue weighted by Crippen LogP contribution is -2.50. The highest BCUT2D eigenvalue weighted by molar-refractivity contribution is 9.10. The third-order valence-corrected chi connectivity index (χ3v) is 7.41. The van der Waals surface area contributed by atoms with Gasteiger partial charge < -0.3 is 20.2 Å². The number of carbonyl (C=O) groups is 2. The number of ketones is 1. The first kappa shape index (κ1) is 23.4. The van der Waals surface area contributed by atoms with Crippen LogP contribution >= 0.6 is 15.9 Å². The van der Waals surface area contributed by atoms with Crippen molar-refractivity contribution in [2.24, 2.45) is 0 Å². The summed E-state index contributed by atoms with van der Waals surface area (Å²) in [6, 6.07) is 15.0. The van der Waals surface area contributed by atoms with Crippen LogP contribution in [0.2, 0.25) is 0 Å². The zero-order valence-electron chi connectivity index (χ0n) is 19.7. The van der Waals surface area contributed by atoms with Crippen molar-refractivity contribution in [3.63, 3.8) is 0 Å². The summed E-state index contributed by atoms with van der Waals surface area (Å²) in [5.41, 5.74) is 4.52. The number of fused-ring (bicyclic) bond motifs is 1. The smallest absolute Gasteiger partial charge is 0.322 e. The molecule has 0 aliphatic carbocycles. The molecule has 1 saturated heterocycles. The van der Waals surface area contributed by atoms with Gasteiger partial charge in [-0.05, 0) is 84.1 Å². The van der Waals surface area contributed by atoms with Gasteiger partial charge in [-0.3, -0.25) is 4.79 Å². The number of urea groups is 1. The second-order valence-electron chi connectivity index (χ2n) is 9.24. The molecule has 0 saturated carbocycles. The molecule has 0 bridgehead atoms. The number of aromatic hydroxyl groups is 1. The maximum atomic E-state index is 13.2. The number of piperidine rings is 1. The Kier molecular flexibility index (Phi) is 6.23. The number of carbonyl (C=O) groups excluding carboxylic acids is 2. The van der Waals surface area contributed by atoms with E-state index >= 15 is 0 Å². The topological polar surface area (TPSA) is 85.8 Å². The minimum atomic E-state index is -0.112. The van der Waals surface area contributed by atoms with Crippen LogP contribution in [0, 0.1) is 13.8 Å². The standard InChI is InChI=1S/C27H27BrN4O3/c1-16-11-19(13-22(28)25(16)33)26(34)20-12-17(2)29-24(14-20)31-9-7-21(8-10-31)32-15-18-5-3-4-6-23(18)30-27(32)35/h3-6,11-14,21,33H,7-10,15H2,1-2H3,(H,30,35). The van der Waals surface area contributed by atoms with Crippen molar-refractivity contribution in [3.05, 3.63) is 81.0 Å². The maximum absolute atomic E-state index is 13.2. The van der Waals surface area contributed by atoms with Crippen LogP contribution in [0.3, 0.4) is 0 Å². The number of anilines is 2. The SMILES string of the molecule is Cc1cc(C(=O)c2cc(C)c(O)c(Br)c2)cc(N2CCC(N3Cc4ccccc4NC3=O)CC2)n1. The molecule has 5 rings (SSSR count). The van der Waals surface area contributed by atoms with Gasteiger partial charge in [0.15, 0.2) is 5.78 Å². The van der Waals surface area contributed by atoms with Crippen LogP contribution in [-0.4, -0.2) is 45.9 Å². The van der Waals surface area contributed by atoms with E-state index in [4.69, 9.17) is 4.98 Å². The summed E-state index contributed by atoms with van der Waals surface area (Å²) < 4.78 is 0.498. The molecule has 7 nitrogen and oxygen atoms in total. The van der Waals surface area contributed by atoms with E-state index in [1.54, 1.807) is 25.1 Å². The summed E-state index contributed by atoms with van der Waals surface area (Å²) in [5, 5.41) is 13.0. The van der Waals surface area contributed by atoms with Crippen LogP contribution in [-0.2, 0) is 6.54 Å². The van der Waals surface area contributed by atoms with Crippen LogP contribution in [0.4, 0.5) is 16.3 Å². The number of nitrogens with one attached hydrogen (secondary N) is 1. The van der Waals surface area contributed by atoms with Crippen LogP contribution < -0.4 is 10.2 Å². The number of benzene rings is 2. The van der Waals surface area contributed by atoms with Gasteiger partial charge in [-0.2, -0.15) is 0 Å². The summed E-state index contributed by atoms with van der Waals surface area (Å²) >= 11 is 3.33. The van der Waals surface area contributed by atoms with Crippen molar-refractivity contribution in [1.82, 2.24) is 9.88 Å². The van der Waals surface area contributed by atoms with Crippen LogP contribution in [0.5, 0.6) is 5.75 Å². The Balaban J connectivity index is 1.31. The van der Waals surface area contributed by atoms with Crippen molar-refractivity contribution in [1.29, 1.82) is 0 Å². The molecule has 3 aromatic rings. The predicted octanol–water partition coefficient (Wildman–Crippen LogP) is 5.41. The minimum absolute atomic E-state index is 0.0425. The molecule has 8 heteroatoms. The fraction of sp³-hybridized carbons (Fsp3) is 0.296. The first-order chi connectivity index (χ1) is 16.8. The molecule has 180 valence electrons. The zero-order valence-corrected chi connectivity index (χ0v) is 21.3. The number of phenolic OH excluding ortho intramolecular Hbond substituents is 1. The second-order valence-corrected chi connectivity index (χ2v) is 10.1. The van der Waals surface area contributed by atoms with Crippen molar-refractivity contribution < 1.29 is 14.7 Å². The molecule has 35 heavy (non-hydrogen) atoms. The van der Waals surface area contributed by atoms with Gasteiger partial charge in [0.05, 0.1) is 4.47 Å². The average Bonchev–Trinajstić information content (AvgIpc) is 2.86. The number of aromatic nitrogens is 1. The van der Waals surface area contributed by atoms with E-state index in [0.29, 0.717) is 27.7 Å². The third kappa shape index (κ3) is 4.62. The maximum Gasteiger partial charge on any atom is 0.322 e. The Bertz CT molecular complexity index is 1290. The number of hydrogen-bond donors (Lipinski definition) is 2. The van der Waals surface area contributed by atoms with Gasteiger partial charge in [0, 0.05) is 48.2 Å². The molecule has 0 atom stereocenters. The molecule has 0 radical (unpaired) electrons. The van der Waals surface area contributed by atoms with Crippen molar-refractivity contribution in [2.45, 2.75) is 39.3 Å². The first-order valence-electron chi connectivity index (χ1n) is 11.7. The predicted molar refractivity (Wildman–Crippen MR) is 139 cm³/mol. The Morgan fingerprint density at radius 1 is 1.09 bits per heavy atom. The van der Waals surface area contributed by atoms with E-state index < -0.39 is 0 Å². The Morgan fingerprint density at radius 3 is 2.54 bits per heavy atom. The Labute approximate surface area is 212 Å². The lowest BCUT2D eigenvalue weighted by Gasteiger charge is -2.41. The van der Waals surface area contributed by atoms with Gasteiger partial charge in [-0.25, -0.2) is 9.78 Å². The fourth-order valence-corrected chi connectivity index (χ4v) is 5.46. The molecule has 2 aromatic carbocycles. The third-order valence-electron chi connectivity index (χ3n) is 6.81. The Morgan fingerprint density at radius 2 is 1.80 bits per heavy atom. The Hall–Kier alpha value is -3.39. The number of halogens is 1. The normalized spacial score (nSPS) is 16.1. The van der Waals surface area contributed by atoms with Crippen molar-refractivity contribution in [2.75, 3.05) is 23.3 Å². The second kappa shape index (κ2) is 9.34. The number of nitrogens with zero attached hydrogens (tertiary/aromatic N) is 3. The van der Waals surface area contributed by atoms with Crippen LogP contribution in [0.25, 0.3) is 0 Å². The highest BCUT2D eigenvalue weighted by Gasteiger charge is 2.32. The fourth-order valence-electron chi connectivity index (χ4n) is 4.90. The molecule has 0 spiro atoms. The number of hydrogen-bond acceptors (Lipinski definition) is 5. The summed E-state index contributed by atoms with van der Waals surface area (Å²) in [6.07, 6.45) is 1.66. The number of aryl methyl sites for hydroxylation is 2.